The van der Waals surface area contributed by atoms with Gasteiger partial charge in [-0.15, -0.1) is 0 Å². The van der Waals surface area contributed by atoms with Crippen molar-refractivity contribution in [2.24, 2.45) is 0 Å². The monoisotopic (exact) mass is 140 g/mol. The number of rotatable bonds is 1. The molecule has 52 valence electrons. The molecule has 0 nitrogen and oxygen atoms in total. The highest BCUT2D eigenvalue weighted by Crippen LogP contribution is 2.11. The van der Waals surface area contributed by atoms with E-state index in [2.05, 4.69) is 6.92 Å². The van der Waals surface area contributed by atoms with Gasteiger partial charge < -0.3 is 0 Å². The first-order valence-electron chi connectivity index (χ1n) is 2.79. The van der Waals surface area contributed by atoms with E-state index < -0.39 is 5.82 Å². The fourth-order valence-electron chi connectivity index (χ4n) is 0.681. The maximum absolute atomic E-state index is 12.3. The van der Waals surface area contributed by atoms with Crippen LogP contribution < -0.4 is 0 Å². The summed E-state index contributed by atoms with van der Waals surface area (Å²) in [4.78, 5) is 0. The smallest absolute Gasteiger partial charge is 0.161 e. The first-order chi connectivity index (χ1) is 4.74. The van der Waals surface area contributed by atoms with Crippen LogP contribution in [-0.2, 0) is 0 Å². The fraction of sp³-hybridized carbons (Fsp3) is 0. The molecule has 0 aliphatic heterocycles. The van der Waals surface area contributed by atoms with Gasteiger partial charge in [0.05, 0.1) is 0 Å². The molecule has 2 heteroatoms. The average molecular weight is 140 g/mol. The van der Waals surface area contributed by atoms with Crippen LogP contribution in [0.3, 0.4) is 0 Å². The Kier molecular flexibility index (Phi) is 2.00. The molecule has 0 aliphatic carbocycles. The molecule has 0 bridgehead atoms. The first-order valence-corrected chi connectivity index (χ1v) is 2.79. The van der Waals surface area contributed by atoms with Crippen molar-refractivity contribution >= 4 is 0 Å². The minimum Gasteiger partial charge on any atom is -0.239 e. The zero-order valence-corrected chi connectivity index (χ0v) is 5.27. The summed E-state index contributed by atoms with van der Waals surface area (Å²) in [6, 6.07) is 3.73. The van der Waals surface area contributed by atoms with Gasteiger partial charge >= 0.3 is 0 Å². The molecule has 2 radical (unpaired) electrons. The number of halogens is 2. The van der Waals surface area contributed by atoms with E-state index in [0.717, 1.165) is 0 Å². The molecule has 0 aliphatic rings. The zero-order chi connectivity index (χ0) is 7.56. The standard InChI is InChI=1S/C8H6F2/c1-6-4-8(10)3-2-7(6)5-9/h2-5H,1H2. The molecule has 1 rings (SSSR count). The number of hydrogen-bond donors (Lipinski definition) is 0. The van der Waals surface area contributed by atoms with Crippen molar-refractivity contribution in [1.82, 2.24) is 0 Å². The van der Waals surface area contributed by atoms with Crippen LogP contribution in [0.5, 0.6) is 0 Å². The molecular formula is C8H6F2. The summed E-state index contributed by atoms with van der Waals surface area (Å²) in [5.41, 5.74) is 0.684. The maximum Gasteiger partial charge on any atom is 0.161 e. The molecule has 0 atom stereocenters. The summed E-state index contributed by atoms with van der Waals surface area (Å²) in [5, 5.41) is 0. The lowest BCUT2D eigenvalue weighted by molar-refractivity contribution is 0.621. The van der Waals surface area contributed by atoms with E-state index in [1.165, 1.54) is 18.2 Å². The van der Waals surface area contributed by atoms with Gasteiger partial charge in [-0.3, -0.25) is 0 Å². The van der Waals surface area contributed by atoms with E-state index in [1.807, 2.05) is 0 Å². The molecule has 0 unspecified atom stereocenters. The van der Waals surface area contributed by atoms with Gasteiger partial charge in [0.25, 0.3) is 0 Å². The summed E-state index contributed by atoms with van der Waals surface area (Å²) < 4.78 is 24.1. The first kappa shape index (κ1) is 7.19. The molecule has 10 heavy (non-hydrogen) atoms. The van der Waals surface area contributed by atoms with Gasteiger partial charge in [0, 0.05) is 0 Å². The van der Waals surface area contributed by atoms with Gasteiger partial charge in [0.15, 0.2) is 6.67 Å². The van der Waals surface area contributed by atoms with Gasteiger partial charge in [-0.2, -0.15) is 0 Å². The van der Waals surface area contributed by atoms with Crippen molar-refractivity contribution < 1.29 is 8.78 Å². The minimum absolute atomic E-state index is 0.321. The third kappa shape index (κ3) is 1.32. The molecule has 0 amide bonds. The molecule has 1 aromatic rings. The van der Waals surface area contributed by atoms with E-state index in [0.29, 0.717) is 17.8 Å². The largest absolute Gasteiger partial charge is 0.239 e. The average Bonchev–Trinajstić information content (AvgIpc) is 1.88. The predicted molar refractivity (Wildman–Crippen MR) is 35.4 cm³/mol. The Bertz CT molecular complexity index is 231. The summed E-state index contributed by atoms with van der Waals surface area (Å²) in [6.45, 7) is 3.85. The van der Waals surface area contributed by atoms with Gasteiger partial charge in [-0.25, -0.2) is 8.78 Å². The maximum atomic E-state index is 12.3. The van der Waals surface area contributed by atoms with E-state index in [4.69, 9.17) is 0 Å². The van der Waals surface area contributed by atoms with Crippen molar-refractivity contribution in [1.29, 1.82) is 0 Å². The number of hydrogen-bond acceptors (Lipinski definition) is 0. The Labute approximate surface area is 58.5 Å². The summed E-state index contributed by atoms with van der Waals surface area (Å²) >= 11 is 0. The molecule has 0 saturated heterocycles. The molecule has 0 spiro atoms. The second kappa shape index (κ2) is 2.78. The van der Waals surface area contributed by atoms with Crippen LogP contribution in [0.2, 0.25) is 0 Å². The number of benzene rings is 1. The topological polar surface area (TPSA) is 0 Å². The quantitative estimate of drug-likeness (QED) is 0.562. The molecule has 0 saturated carbocycles. The summed E-state index contributed by atoms with van der Waals surface area (Å²) in [5.74, 6) is -0.393. The molecule has 1 aromatic carbocycles. The van der Waals surface area contributed by atoms with Crippen molar-refractivity contribution in [2.45, 2.75) is 0 Å². The fourth-order valence-corrected chi connectivity index (χ4v) is 0.681. The third-order valence-corrected chi connectivity index (χ3v) is 1.22. The summed E-state index contributed by atoms with van der Waals surface area (Å²) in [6.07, 6.45) is 0. The normalized spacial score (nSPS) is 9.90. The molecular weight excluding hydrogens is 134 g/mol. The van der Waals surface area contributed by atoms with Gasteiger partial charge in [-0.1, -0.05) is 6.07 Å². The van der Waals surface area contributed by atoms with Crippen LogP contribution in [0.4, 0.5) is 8.78 Å². The van der Waals surface area contributed by atoms with Crippen LogP contribution in [0.1, 0.15) is 11.1 Å². The lowest BCUT2D eigenvalue weighted by atomic mass is 10.1. The predicted octanol–water partition coefficient (Wildman–Crippen LogP) is 2.49. The second-order valence-electron chi connectivity index (χ2n) is 1.95. The molecule has 0 fully saturated rings. The van der Waals surface area contributed by atoms with Gasteiger partial charge in [-0.05, 0) is 30.2 Å². The van der Waals surface area contributed by atoms with Crippen molar-refractivity contribution in [3.63, 3.8) is 0 Å². The van der Waals surface area contributed by atoms with Crippen LogP contribution >= 0.6 is 0 Å². The highest BCUT2D eigenvalue weighted by Gasteiger charge is 1.98. The molecule has 0 heterocycles. The van der Waals surface area contributed by atoms with E-state index in [-0.39, 0.29) is 0 Å². The Morgan fingerprint density at radius 2 is 2.10 bits per heavy atom. The van der Waals surface area contributed by atoms with Crippen LogP contribution in [0, 0.1) is 19.4 Å². The highest BCUT2D eigenvalue weighted by molar-refractivity contribution is 5.33. The van der Waals surface area contributed by atoms with E-state index in [1.54, 1.807) is 0 Å². The van der Waals surface area contributed by atoms with Crippen LogP contribution in [0.15, 0.2) is 18.2 Å². The Hall–Kier alpha value is -0.920. The third-order valence-electron chi connectivity index (χ3n) is 1.22. The van der Waals surface area contributed by atoms with Crippen molar-refractivity contribution in [3.8, 4) is 0 Å². The van der Waals surface area contributed by atoms with Crippen LogP contribution in [0.25, 0.3) is 0 Å². The SMILES string of the molecule is [CH2]c1cc(F)ccc1[CH]F. The lowest BCUT2D eigenvalue weighted by Gasteiger charge is -1.97. The minimum atomic E-state index is -0.393. The van der Waals surface area contributed by atoms with Crippen LogP contribution in [-0.4, -0.2) is 0 Å². The molecule has 0 N–H and O–H groups in total. The lowest BCUT2D eigenvalue weighted by Crippen LogP contribution is -1.84. The van der Waals surface area contributed by atoms with Crippen molar-refractivity contribution in [3.05, 3.63) is 48.7 Å². The summed E-state index contributed by atoms with van der Waals surface area (Å²) in [7, 11) is 0. The second-order valence-corrected chi connectivity index (χ2v) is 1.95. The molecule has 0 aromatic heterocycles. The van der Waals surface area contributed by atoms with E-state index in [9.17, 15) is 8.78 Å². The van der Waals surface area contributed by atoms with Crippen molar-refractivity contribution in [2.75, 3.05) is 0 Å². The Morgan fingerprint density at radius 1 is 1.40 bits per heavy atom. The highest BCUT2D eigenvalue weighted by atomic mass is 19.1. The van der Waals surface area contributed by atoms with Gasteiger partial charge in [0.1, 0.15) is 5.82 Å². The zero-order valence-electron chi connectivity index (χ0n) is 5.27. The van der Waals surface area contributed by atoms with Gasteiger partial charge in [0.2, 0.25) is 0 Å². The Morgan fingerprint density at radius 3 is 2.60 bits per heavy atom. The Balaban J connectivity index is 3.07. The van der Waals surface area contributed by atoms with E-state index >= 15 is 0 Å².